The lowest BCUT2D eigenvalue weighted by molar-refractivity contribution is 0.395. The number of thioether (sulfide) groups is 1. The number of ether oxygens (including phenoxy) is 1. The van der Waals surface area contributed by atoms with Crippen molar-refractivity contribution in [3.8, 4) is 5.75 Å². The van der Waals surface area contributed by atoms with Crippen LogP contribution in [0.1, 0.15) is 50.7 Å². The Morgan fingerprint density at radius 3 is 2.46 bits per heavy atom. The molecule has 9 heteroatoms. The molecule has 0 heterocycles. The number of rotatable bonds is 16. The molecule has 6 nitrogen and oxygen atoms in total. The first-order valence-electron chi connectivity index (χ1n) is 12.9. The zero-order valence-electron chi connectivity index (χ0n) is 24.6. The summed E-state index contributed by atoms with van der Waals surface area (Å²) in [6, 6.07) is 1.36. The SMILES string of the molecule is C=C.C=CNc1cc(F)c(O/C(C)=C/C=C(/F)CC/C=C\N(N)C/C(=C/NC)SCCCC)c(C)c1C.CN. The molecule has 0 radical (unpaired) electrons. The molecule has 0 bridgehead atoms. The van der Waals surface area contributed by atoms with Crippen LogP contribution in [-0.4, -0.2) is 31.4 Å². The van der Waals surface area contributed by atoms with Gasteiger partial charge in [0.1, 0.15) is 11.6 Å². The minimum Gasteiger partial charge on any atom is -0.459 e. The van der Waals surface area contributed by atoms with E-state index in [-0.39, 0.29) is 18.0 Å². The lowest BCUT2D eigenvalue weighted by atomic mass is 10.1. The van der Waals surface area contributed by atoms with Crippen molar-refractivity contribution in [2.24, 2.45) is 11.6 Å². The van der Waals surface area contributed by atoms with Crippen LogP contribution >= 0.6 is 11.8 Å². The number of hydrazine groups is 1. The second kappa shape index (κ2) is 24.1. The normalized spacial score (nSPS) is 11.7. The van der Waals surface area contributed by atoms with Gasteiger partial charge in [0.15, 0.2) is 11.6 Å². The molecule has 0 amide bonds. The molecule has 0 atom stereocenters. The van der Waals surface area contributed by atoms with Crippen LogP contribution in [0.5, 0.6) is 5.75 Å². The van der Waals surface area contributed by atoms with Gasteiger partial charge in [0, 0.05) is 42.5 Å². The van der Waals surface area contributed by atoms with Gasteiger partial charge in [0.25, 0.3) is 0 Å². The van der Waals surface area contributed by atoms with Gasteiger partial charge in [0.05, 0.1) is 6.54 Å². The lowest BCUT2D eigenvalue weighted by Gasteiger charge is -2.16. The van der Waals surface area contributed by atoms with E-state index < -0.39 is 5.82 Å². The van der Waals surface area contributed by atoms with E-state index in [4.69, 9.17) is 10.6 Å². The average molecular weight is 566 g/mol. The summed E-state index contributed by atoms with van der Waals surface area (Å²) in [6.07, 6.45) is 12.9. The zero-order valence-corrected chi connectivity index (χ0v) is 25.4. The first kappa shape index (κ1) is 38.1. The Kier molecular flexibility index (Phi) is 23.5. The molecule has 39 heavy (non-hydrogen) atoms. The molecule has 1 aromatic carbocycles. The molecule has 0 saturated carbocycles. The van der Waals surface area contributed by atoms with Crippen molar-refractivity contribution in [2.75, 3.05) is 31.7 Å². The third-order valence-corrected chi connectivity index (χ3v) is 6.20. The van der Waals surface area contributed by atoms with Crippen LogP contribution in [0.25, 0.3) is 0 Å². The maximum Gasteiger partial charge on any atom is 0.168 e. The molecule has 0 aliphatic carbocycles. The summed E-state index contributed by atoms with van der Waals surface area (Å²) >= 11 is 1.78. The molecule has 0 fully saturated rings. The van der Waals surface area contributed by atoms with Crippen molar-refractivity contribution in [3.05, 3.63) is 96.1 Å². The number of nitrogens with zero attached hydrogens (tertiary/aromatic N) is 1. The predicted molar refractivity (Wildman–Crippen MR) is 168 cm³/mol. The van der Waals surface area contributed by atoms with Gasteiger partial charge in [-0.15, -0.1) is 24.9 Å². The first-order valence-corrected chi connectivity index (χ1v) is 13.8. The molecule has 1 rings (SSSR count). The van der Waals surface area contributed by atoms with Gasteiger partial charge in [-0.2, -0.15) is 0 Å². The van der Waals surface area contributed by atoms with Gasteiger partial charge in [-0.1, -0.05) is 26.0 Å². The van der Waals surface area contributed by atoms with Crippen LogP contribution in [0.15, 0.2) is 79.1 Å². The van der Waals surface area contributed by atoms with E-state index in [9.17, 15) is 8.78 Å². The molecule has 0 aromatic heterocycles. The maximum atomic E-state index is 14.5. The van der Waals surface area contributed by atoms with Gasteiger partial charge < -0.3 is 26.1 Å². The van der Waals surface area contributed by atoms with Crippen LogP contribution in [-0.2, 0) is 0 Å². The summed E-state index contributed by atoms with van der Waals surface area (Å²) in [5.41, 5.74) is 6.65. The van der Waals surface area contributed by atoms with Gasteiger partial charge in [-0.3, -0.25) is 0 Å². The van der Waals surface area contributed by atoms with Crippen LogP contribution in [0.2, 0.25) is 0 Å². The first-order chi connectivity index (χ1) is 18.7. The number of hydrogen-bond donors (Lipinski definition) is 4. The zero-order chi connectivity index (χ0) is 30.2. The van der Waals surface area contributed by atoms with Gasteiger partial charge >= 0.3 is 0 Å². The summed E-state index contributed by atoms with van der Waals surface area (Å²) in [7, 11) is 3.36. The molecule has 0 aliphatic heterocycles. The quantitative estimate of drug-likeness (QED) is 0.0410. The van der Waals surface area contributed by atoms with Crippen LogP contribution in [0.4, 0.5) is 14.5 Å². The van der Waals surface area contributed by atoms with E-state index in [1.54, 1.807) is 36.8 Å². The standard InChI is InChI=1S/C27H40F2N4OS.C2H4.CH5N/c1-7-9-16-35-24(18-31-6)19-33(30)15-11-10-12-23(28)14-13-20(3)34-27-22(5)21(4)26(32-8-2)17-25(27)29;2*1-2/h8,11,13-15,17-18,31-32H,2,7,9-10,12,16,19,30H2,1,3-6H3;1-2H2;2H2,1H3/b15-11-,20-13+,23-14+,24-18-;;. The molecule has 1 aromatic rings. The van der Waals surface area contributed by atoms with E-state index >= 15 is 0 Å². The Labute approximate surface area is 239 Å². The third-order valence-electron chi connectivity index (χ3n) is 5.09. The van der Waals surface area contributed by atoms with E-state index in [0.29, 0.717) is 30.0 Å². The highest BCUT2D eigenvalue weighted by atomic mass is 32.2. The number of halogens is 2. The second-order valence-corrected chi connectivity index (χ2v) is 9.24. The van der Waals surface area contributed by atoms with Crippen molar-refractivity contribution in [3.63, 3.8) is 0 Å². The molecule has 6 N–H and O–H groups in total. The fourth-order valence-corrected chi connectivity index (χ4v) is 4.17. The second-order valence-electron chi connectivity index (χ2n) is 8.02. The summed E-state index contributed by atoms with van der Waals surface area (Å²) in [4.78, 5) is 1.15. The van der Waals surface area contributed by atoms with E-state index in [1.165, 1.54) is 31.5 Å². The Hall–Kier alpha value is -3.01. The van der Waals surface area contributed by atoms with Crippen molar-refractivity contribution in [1.29, 1.82) is 0 Å². The summed E-state index contributed by atoms with van der Waals surface area (Å²) in [6.45, 7) is 17.7. The van der Waals surface area contributed by atoms with Crippen LogP contribution < -0.4 is 26.9 Å². The van der Waals surface area contributed by atoms with E-state index in [0.717, 1.165) is 29.1 Å². The Morgan fingerprint density at radius 2 is 1.87 bits per heavy atom. The number of allylic oxidation sites excluding steroid dienone is 5. The highest BCUT2D eigenvalue weighted by Crippen LogP contribution is 2.32. The lowest BCUT2D eigenvalue weighted by Crippen LogP contribution is -2.27. The highest BCUT2D eigenvalue weighted by Gasteiger charge is 2.14. The maximum absolute atomic E-state index is 14.5. The smallest absolute Gasteiger partial charge is 0.168 e. The number of nitrogens with two attached hydrogens (primary N) is 2. The number of anilines is 1. The van der Waals surface area contributed by atoms with Gasteiger partial charge in [-0.25, -0.2) is 14.6 Å². The number of benzene rings is 1. The van der Waals surface area contributed by atoms with Crippen molar-refractivity contribution >= 4 is 17.4 Å². The van der Waals surface area contributed by atoms with Gasteiger partial charge in [-0.05, 0) is 75.9 Å². The van der Waals surface area contributed by atoms with Crippen LogP contribution in [0.3, 0.4) is 0 Å². The predicted octanol–water partition coefficient (Wildman–Crippen LogP) is 7.57. The summed E-state index contributed by atoms with van der Waals surface area (Å²) < 4.78 is 34.4. The van der Waals surface area contributed by atoms with Crippen LogP contribution in [0, 0.1) is 19.7 Å². The van der Waals surface area contributed by atoms with Gasteiger partial charge in [0.2, 0.25) is 0 Å². The fourth-order valence-electron chi connectivity index (χ4n) is 3.03. The fraction of sp³-hybridized carbons (Fsp3) is 0.400. The highest BCUT2D eigenvalue weighted by molar-refractivity contribution is 8.03. The summed E-state index contributed by atoms with van der Waals surface area (Å²) in [5, 5.41) is 7.55. The van der Waals surface area contributed by atoms with Crippen molar-refractivity contribution < 1.29 is 13.5 Å². The topological polar surface area (TPSA) is 88.6 Å². The van der Waals surface area contributed by atoms with E-state index in [2.05, 4.69) is 43.0 Å². The van der Waals surface area contributed by atoms with Crippen molar-refractivity contribution in [2.45, 2.75) is 53.4 Å². The Balaban J connectivity index is 0. The molecule has 0 saturated heterocycles. The molecular weight excluding hydrogens is 516 g/mol. The Morgan fingerprint density at radius 1 is 1.21 bits per heavy atom. The molecule has 0 spiro atoms. The minimum atomic E-state index is -0.498. The number of nitrogens with one attached hydrogen (secondary N) is 2. The number of hydrogen-bond acceptors (Lipinski definition) is 7. The average Bonchev–Trinajstić information content (AvgIpc) is 2.93. The third kappa shape index (κ3) is 16.5. The molecular formula is C30H49F2N5OS. The monoisotopic (exact) mass is 565 g/mol. The van der Waals surface area contributed by atoms with E-state index in [1.807, 2.05) is 26.2 Å². The molecule has 0 aliphatic rings. The Bertz CT molecular complexity index is 961. The molecule has 220 valence electrons. The number of unbranched alkanes of at least 4 members (excludes halogenated alkanes) is 1. The van der Waals surface area contributed by atoms with Crippen molar-refractivity contribution in [1.82, 2.24) is 10.3 Å². The minimum absolute atomic E-state index is 0.130. The molecule has 0 unspecified atom stereocenters. The summed E-state index contributed by atoms with van der Waals surface area (Å²) in [5.74, 6) is 6.82. The largest absolute Gasteiger partial charge is 0.459 e.